The minimum atomic E-state index is -3.43. The average Bonchev–Trinajstić information content (AvgIpc) is 2.44. The molecule has 1 aliphatic heterocycles. The second kappa shape index (κ2) is 6.18. The van der Waals surface area contributed by atoms with Crippen LogP contribution in [0.1, 0.15) is 32.3 Å². The highest BCUT2D eigenvalue weighted by molar-refractivity contribution is 7.89. The van der Waals surface area contributed by atoms with Crippen molar-refractivity contribution in [1.29, 1.82) is 0 Å². The first kappa shape index (κ1) is 16.0. The molecule has 0 atom stereocenters. The van der Waals surface area contributed by atoms with Gasteiger partial charge < -0.3 is 5.11 Å². The largest absolute Gasteiger partial charge is 0.384 e. The molecule has 2 rings (SSSR count). The van der Waals surface area contributed by atoms with E-state index in [0.717, 1.165) is 12.8 Å². The van der Waals surface area contributed by atoms with Gasteiger partial charge in [-0.1, -0.05) is 25.7 Å². The number of piperidine rings is 1. The molecule has 0 spiro atoms. The van der Waals surface area contributed by atoms with E-state index in [0.29, 0.717) is 23.5 Å². The van der Waals surface area contributed by atoms with Crippen molar-refractivity contribution >= 4 is 10.0 Å². The molecule has 114 valence electrons. The highest BCUT2D eigenvalue weighted by atomic mass is 32.2. The van der Waals surface area contributed by atoms with Gasteiger partial charge >= 0.3 is 0 Å². The topological polar surface area (TPSA) is 57.6 Å². The number of sulfonamides is 1. The summed E-state index contributed by atoms with van der Waals surface area (Å²) in [5.41, 5.74) is 0.722. The quantitative estimate of drug-likeness (QED) is 0.848. The Balaban J connectivity index is 2.23. The summed E-state index contributed by atoms with van der Waals surface area (Å²) in [6, 6.07) is 6.51. The highest BCUT2D eigenvalue weighted by Gasteiger charge is 2.33. The third-order valence-electron chi connectivity index (χ3n) is 3.67. The van der Waals surface area contributed by atoms with Crippen molar-refractivity contribution in [3.63, 3.8) is 0 Å². The summed E-state index contributed by atoms with van der Waals surface area (Å²) in [4.78, 5) is 0.301. The summed E-state index contributed by atoms with van der Waals surface area (Å²) in [7, 11) is -3.43. The minimum absolute atomic E-state index is 0.0257. The van der Waals surface area contributed by atoms with Crippen LogP contribution in [0.15, 0.2) is 29.2 Å². The minimum Gasteiger partial charge on any atom is -0.384 e. The lowest BCUT2D eigenvalue weighted by Crippen LogP contribution is -2.43. The average molecular weight is 307 g/mol. The van der Waals surface area contributed by atoms with Crippen molar-refractivity contribution in [3.05, 3.63) is 29.8 Å². The predicted octanol–water partition coefficient (Wildman–Crippen LogP) is 1.84. The lowest BCUT2D eigenvalue weighted by atomic mass is 9.85. The van der Waals surface area contributed by atoms with Crippen LogP contribution in [0.3, 0.4) is 0 Å². The Morgan fingerprint density at radius 2 is 1.95 bits per heavy atom. The SMILES string of the molecule is CC1(C)CCCN(S(=O)(=O)c2ccc(C#CCO)cc2)C1. The third-order valence-corrected chi connectivity index (χ3v) is 5.53. The standard InChI is InChI=1S/C16H21NO3S/c1-16(2)10-4-11-17(13-16)21(19,20)15-8-6-14(7-9-15)5-3-12-18/h6-9,18H,4,10-13H2,1-2H3. The molecule has 1 saturated heterocycles. The molecule has 1 heterocycles. The van der Waals surface area contributed by atoms with Gasteiger partial charge in [-0.2, -0.15) is 4.31 Å². The normalized spacial score (nSPS) is 18.8. The van der Waals surface area contributed by atoms with Crippen molar-refractivity contribution in [3.8, 4) is 11.8 Å². The van der Waals surface area contributed by atoms with Crippen LogP contribution >= 0.6 is 0 Å². The molecule has 1 fully saturated rings. The molecule has 0 bridgehead atoms. The Hall–Kier alpha value is -1.35. The number of aliphatic hydroxyl groups is 1. The maximum Gasteiger partial charge on any atom is 0.243 e. The van der Waals surface area contributed by atoms with E-state index in [9.17, 15) is 8.42 Å². The molecule has 0 radical (unpaired) electrons. The Morgan fingerprint density at radius 1 is 1.29 bits per heavy atom. The summed E-state index contributed by atoms with van der Waals surface area (Å²) < 4.78 is 26.9. The van der Waals surface area contributed by atoms with Crippen LogP contribution in [-0.2, 0) is 10.0 Å². The third kappa shape index (κ3) is 3.85. The molecule has 0 amide bonds. The number of hydrogen-bond donors (Lipinski definition) is 1. The Bertz CT molecular complexity index is 651. The van der Waals surface area contributed by atoms with Gasteiger partial charge in [0.1, 0.15) is 6.61 Å². The summed E-state index contributed by atoms with van der Waals surface area (Å²) in [6.07, 6.45) is 1.95. The van der Waals surface area contributed by atoms with E-state index in [2.05, 4.69) is 25.7 Å². The fourth-order valence-corrected chi connectivity index (χ4v) is 4.24. The fraction of sp³-hybridized carbons (Fsp3) is 0.500. The number of hydrogen-bond acceptors (Lipinski definition) is 3. The van der Waals surface area contributed by atoms with Crippen LogP contribution in [0.25, 0.3) is 0 Å². The van der Waals surface area contributed by atoms with Crippen molar-refractivity contribution in [2.75, 3.05) is 19.7 Å². The van der Waals surface area contributed by atoms with Gasteiger partial charge in [-0.15, -0.1) is 0 Å². The first-order chi connectivity index (χ1) is 9.85. The lowest BCUT2D eigenvalue weighted by molar-refractivity contribution is 0.187. The highest BCUT2D eigenvalue weighted by Crippen LogP contribution is 2.31. The van der Waals surface area contributed by atoms with Crippen LogP contribution in [0.5, 0.6) is 0 Å². The summed E-state index contributed by atoms with van der Waals surface area (Å²) in [6.45, 7) is 5.13. The zero-order chi connectivity index (χ0) is 15.5. The number of benzene rings is 1. The first-order valence-corrected chi connectivity index (χ1v) is 8.49. The van der Waals surface area contributed by atoms with E-state index in [1.807, 2.05) is 0 Å². The molecule has 1 aromatic carbocycles. The van der Waals surface area contributed by atoms with E-state index < -0.39 is 10.0 Å². The second-order valence-corrected chi connectivity index (χ2v) is 8.03. The second-order valence-electron chi connectivity index (χ2n) is 6.09. The summed E-state index contributed by atoms with van der Waals surface area (Å²) in [5.74, 6) is 5.30. The van der Waals surface area contributed by atoms with Crippen LogP contribution in [-0.4, -0.2) is 37.5 Å². The van der Waals surface area contributed by atoms with Gasteiger partial charge in [0.05, 0.1) is 4.90 Å². The van der Waals surface area contributed by atoms with Gasteiger partial charge in [0, 0.05) is 18.7 Å². The smallest absolute Gasteiger partial charge is 0.243 e. The summed E-state index contributed by atoms with van der Waals surface area (Å²) >= 11 is 0. The molecule has 0 saturated carbocycles. The van der Waals surface area contributed by atoms with Crippen molar-refractivity contribution in [2.24, 2.45) is 5.41 Å². The lowest BCUT2D eigenvalue weighted by Gasteiger charge is -2.37. The molecule has 4 nitrogen and oxygen atoms in total. The van der Waals surface area contributed by atoms with Gasteiger partial charge in [-0.3, -0.25) is 0 Å². The van der Waals surface area contributed by atoms with Crippen LogP contribution in [0, 0.1) is 17.3 Å². The maximum absolute atomic E-state index is 12.7. The number of rotatable bonds is 2. The molecule has 1 N–H and O–H groups in total. The molecule has 0 unspecified atom stereocenters. The van der Waals surface area contributed by atoms with E-state index >= 15 is 0 Å². The van der Waals surface area contributed by atoms with Gasteiger partial charge in [0.2, 0.25) is 10.0 Å². The Labute approximate surface area is 126 Å². The Kier molecular flexibility index (Phi) is 4.72. The number of aliphatic hydroxyl groups excluding tert-OH is 1. The van der Waals surface area contributed by atoms with Gasteiger partial charge in [-0.25, -0.2) is 8.42 Å². The monoisotopic (exact) mass is 307 g/mol. The summed E-state index contributed by atoms with van der Waals surface area (Å²) in [5, 5.41) is 8.65. The van der Waals surface area contributed by atoms with Crippen molar-refractivity contribution in [2.45, 2.75) is 31.6 Å². The van der Waals surface area contributed by atoms with Crippen LogP contribution < -0.4 is 0 Å². The zero-order valence-electron chi connectivity index (χ0n) is 12.5. The predicted molar refractivity (Wildman–Crippen MR) is 82.2 cm³/mol. The maximum atomic E-state index is 12.7. The molecule has 1 aliphatic rings. The van der Waals surface area contributed by atoms with Gasteiger partial charge in [0.15, 0.2) is 0 Å². The molecule has 1 aromatic rings. The molecule has 0 aliphatic carbocycles. The first-order valence-electron chi connectivity index (χ1n) is 7.05. The fourth-order valence-electron chi connectivity index (χ4n) is 2.58. The molecule has 0 aromatic heterocycles. The molecular formula is C16H21NO3S. The molecule has 5 heteroatoms. The van der Waals surface area contributed by atoms with E-state index in [4.69, 9.17) is 5.11 Å². The van der Waals surface area contributed by atoms with Crippen LogP contribution in [0.2, 0.25) is 0 Å². The molecule has 21 heavy (non-hydrogen) atoms. The zero-order valence-corrected chi connectivity index (χ0v) is 13.3. The van der Waals surface area contributed by atoms with Gasteiger partial charge in [0.25, 0.3) is 0 Å². The van der Waals surface area contributed by atoms with Crippen LogP contribution in [0.4, 0.5) is 0 Å². The Morgan fingerprint density at radius 3 is 2.52 bits per heavy atom. The van der Waals surface area contributed by atoms with Crippen molar-refractivity contribution < 1.29 is 13.5 Å². The van der Waals surface area contributed by atoms with E-state index in [1.165, 1.54) is 0 Å². The van der Waals surface area contributed by atoms with Gasteiger partial charge in [-0.05, 0) is 42.5 Å². The van der Waals surface area contributed by atoms with E-state index in [-0.39, 0.29) is 12.0 Å². The van der Waals surface area contributed by atoms with E-state index in [1.54, 1.807) is 28.6 Å². The van der Waals surface area contributed by atoms with Crippen molar-refractivity contribution in [1.82, 2.24) is 4.31 Å². The number of nitrogens with zero attached hydrogens (tertiary/aromatic N) is 1. The molecular weight excluding hydrogens is 286 g/mol.